The summed E-state index contributed by atoms with van der Waals surface area (Å²) in [5, 5.41) is 0. The minimum atomic E-state index is -0.355. The smallest absolute Gasteiger partial charge is 0.166 e. The molecule has 0 heterocycles. The van der Waals surface area contributed by atoms with E-state index < -0.39 is 0 Å². The Morgan fingerprint density at radius 1 is 1.05 bits per heavy atom. The summed E-state index contributed by atoms with van der Waals surface area (Å²) in [6, 6.07) is 12.7. The monoisotopic (exact) mass is 274 g/mol. The number of carbonyl (C=O) groups excluding carboxylic acids is 1. The van der Waals surface area contributed by atoms with Gasteiger partial charge in [0, 0.05) is 12.0 Å². The van der Waals surface area contributed by atoms with Crippen LogP contribution in [0.25, 0.3) is 0 Å². The number of ether oxygens (including phenoxy) is 2. The molecule has 0 aromatic heterocycles. The van der Waals surface area contributed by atoms with Gasteiger partial charge in [-0.3, -0.25) is 4.79 Å². The van der Waals surface area contributed by atoms with Gasteiger partial charge in [0.2, 0.25) is 0 Å². The molecule has 0 fully saturated rings. The van der Waals surface area contributed by atoms with E-state index in [0.29, 0.717) is 17.1 Å². The van der Waals surface area contributed by atoms with Crippen LogP contribution in [-0.4, -0.2) is 19.5 Å². The van der Waals surface area contributed by atoms with Gasteiger partial charge in [-0.05, 0) is 36.4 Å². The van der Waals surface area contributed by atoms with Crippen molar-refractivity contribution in [3.05, 3.63) is 59.9 Å². The van der Waals surface area contributed by atoms with Gasteiger partial charge in [0.25, 0.3) is 0 Å². The van der Waals surface area contributed by atoms with Crippen LogP contribution < -0.4 is 9.47 Å². The number of benzene rings is 2. The Kier molecular flexibility index (Phi) is 4.71. The molecule has 0 saturated heterocycles. The van der Waals surface area contributed by atoms with E-state index in [1.807, 2.05) is 12.1 Å². The minimum absolute atomic E-state index is 0.0834. The lowest BCUT2D eigenvalue weighted by atomic mass is 10.1. The number of para-hydroxylation sites is 2. The van der Waals surface area contributed by atoms with Gasteiger partial charge in [0.15, 0.2) is 17.3 Å². The third kappa shape index (κ3) is 3.57. The number of hydrogen-bond acceptors (Lipinski definition) is 3. The van der Waals surface area contributed by atoms with Gasteiger partial charge in [-0.25, -0.2) is 4.39 Å². The molecule has 0 aliphatic rings. The molecular formula is C16H15FO3. The van der Waals surface area contributed by atoms with Gasteiger partial charge in [-0.15, -0.1) is 0 Å². The number of halogens is 1. The zero-order valence-electron chi connectivity index (χ0n) is 11.1. The number of rotatable bonds is 6. The number of Topliss-reactive ketones (excluding diaryl/α,β-unsaturated/α-hetero) is 1. The van der Waals surface area contributed by atoms with Crippen molar-refractivity contribution in [3.8, 4) is 11.5 Å². The predicted octanol–water partition coefficient (Wildman–Crippen LogP) is 3.49. The first kappa shape index (κ1) is 14.1. The zero-order valence-corrected chi connectivity index (χ0v) is 11.1. The predicted molar refractivity (Wildman–Crippen MR) is 73.8 cm³/mol. The molecule has 3 nitrogen and oxygen atoms in total. The summed E-state index contributed by atoms with van der Waals surface area (Å²) >= 11 is 0. The largest absolute Gasteiger partial charge is 0.493 e. The van der Waals surface area contributed by atoms with Crippen molar-refractivity contribution in [2.45, 2.75) is 6.42 Å². The van der Waals surface area contributed by atoms with Crippen LogP contribution in [0.4, 0.5) is 4.39 Å². The molecule has 0 unspecified atom stereocenters. The quantitative estimate of drug-likeness (QED) is 0.756. The maximum atomic E-state index is 12.8. The summed E-state index contributed by atoms with van der Waals surface area (Å²) in [6.45, 7) is 0.247. The van der Waals surface area contributed by atoms with Crippen LogP contribution in [-0.2, 0) is 0 Å². The Morgan fingerprint density at radius 3 is 2.35 bits per heavy atom. The molecule has 2 aromatic carbocycles. The fraction of sp³-hybridized carbons (Fsp3) is 0.188. The van der Waals surface area contributed by atoms with Crippen LogP contribution >= 0.6 is 0 Å². The highest BCUT2D eigenvalue weighted by Gasteiger charge is 2.07. The lowest BCUT2D eigenvalue weighted by molar-refractivity contribution is 0.0961. The van der Waals surface area contributed by atoms with E-state index in [0.717, 1.165) is 0 Å². The van der Waals surface area contributed by atoms with Crippen molar-refractivity contribution in [1.82, 2.24) is 0 Å². The lowest BCUT2D eigenvalue weighted by Crippen LogP contribution is -2.07. The van der Waals surface area contributed by atoms with Crippen LogP contribution in [0.15, 0.2) is 48.5 Å². The zero-order chi connectivity index (χ0) is 14.4. The second kappa shape index (κ2) is 6.70. The SMILES string of the molecule is COc1ccccc1OCCC(=O)c1ccc(F)cc1. The van der Waals surface area contributed by atoms with E-state index in [2.05, 4.69) is 0 Å². The Hall–Kier alpha value is -2.36. The number of methoxy groups -OCH3 is 1. The van der Waals surface area contributed by atoms with Gasteiger partial charge in [-0.2, -0.15) is 0 Å². The van der Waals surface area contributed by atoms with E-state index in [-0.39, 0.29) is 24.6 Å². The minimum Gasteiger partial charge on any atom is -0.493 e. The molecule has 20 heavy (non-hydrogen) atoms. The van der Waals surface area contributed by atoms with Crippen molar-refractivity contribution in [2.75, 3.05) is 13.7 Å². The van der Waals surface area contributed by atoms with E-state index >= 15 is 0 Å². The molecule has 0 bridgehead atoms. The molecule has 104 valence electrons. The highest BCUT2D eigenvalue weighted by atomic mass is 19.1. The summed E-state index contributed by atoms with van der Waals surface area (Å²) in [5.41, 5.74) is 0.482. The molecule has 0 N–H and O–H groups in total. The summed E-state index contributed by atoms with van der Waals surface area (Å²) < 4.78 is 23.4. The van der Waals surface area contributed by atoms with Crippen LogP contribution in [0, 0.1) is 5.82 Å². The Balaban J connectivity index is 1.89. The van der Waals surface area contributed by atoms with Crippen LogP contribution in [0.1, 0.15) is 16.8 Å². The second-order valence-corrected chi connectivity index (χ2v) is 4.18. The summed E-state index contributed by atoms with van der Waals surface area (Å²) in [7, 11) is 1.56. The van der Waals surface area contributed by atoms with Gasteiger partial charge < -0.3 is 9.47 Å². The summed E-state index contributed by atoms with van der Waals surface area (Å²) in [6.07, 6.45) is 0.226. The van der Waals surface area contributed by atoms with E-state index in [9.17, 15) is 9.18 Å². The highest BCUT2D eigenvalue weighted by molar-refractivity contribution is 5.96. The van der Waals surface area contributed by atoms with Gasteiger partial charge in [0.05, 0.1) is 13.7 Å². The molecule has 0 aliphatic heterocycles. The normalized spacial score (nSPS) is 10.1. The van der Waals surface area contributed by atoms with Gasteiger partial charge in [0.1, 0.15) is 5.82 Å². The van der Waals surface area contributed by atoms with Crippen molar-refractivity contribution in [2.24, 2.45) is 0 Å². The number of carbonyl (C=O) groups is 1. The third-order valence-electron chi connectivity index (χ3n) is 2.82. The first-order chi connectivity index (χ1) is 9.70. The summed E-state index contributed by atoms with van der Waals surface area (Å²) in [5.74, 6) is 0.787. The average molecular weight is 274 g/mol. The molecule has 0 atom stereocenters. The average Bonchev–Trinajstić information content (AvgIpc) is 2.48. The maximum Gasteiger partial charge on any atom is 0.166 e. The topological polar surface area (TPSA) is 35.5 Å². The van der Waals surface area contributed by atoms with E-state index in [4.69, 9.17) is 9.47 Å². The Bertz CT molecular complexity index is 579. The number of hydrogen-bond donors (Lipinski definition) is 0. The van der Waals surface area contributed by atoms with Crippen molar-refractivity contribution in [1.29, 1.82) is 0 Å². The molecule has 0 radical (unpaired) electrons. The maximum absolute atomic E-state index is 12.8. The van der Waals surface area contributed by atoms with Gasteiger partial charge in [-0.1, -0.05) is 12.1 Å². The fourth-order valence-corrected chi connectivity index (χ4v) is 1.77. The third-order valence-corrected chi connectivity index (χ3v) is 2.82. The van der Waals surface area contributed by atoms with Crippen molar-refractivity contribution >= 4 is 5.78 Å². The second-order valence-electron chi connectivity index (χ2n) is 4.18. The Morgan fingerprint density at radius 2 is 1.70 bits per heavy atom. The first-order valence-electron chi connectivity index (χ1n) is 6.25. The number of ketones is 1. The first-order valence-corrected chi connectivity index (χ1v) is 6.25. The van der Waals surface area contributed by atoms with Crippen LogP contribution in [0.2, 0.25) is 0 Å². The summed E-state index contributed by atoms with van der Waals surface area (Å²) in [4.78, 5) is 11.9. The fourth-order valence-electron chi connectivity index (χ4n) is 1.77. The molecule has 0 amide bonds. The standard InChI is InChI=1S/C16H15FO3/c1-19-15-4-2-3-5-16(15)20-11-10-14(18)12-6-8-13(17)9-7-12/h2-9H,10-11H2,1H3. The lowest BCUT2D eigenvalue weighted by Gasteiger charge is -2.09. The van der Waals surface area contributed by atoms with Crippen molar-refractivity contribution in [3.63, 3.8) is 0 Å². The molecule has 0 aliphatic carbocycles. The Labute approximate surface area is 117 Å². The molecule has 0 spiro atoms. The van der Waals surface area contributed by atoms with Crippen LogP contribution in [0.5, 0.6) is 11.5 Å². The molecular weight excluding hydrogens is 259 g/mol. The van der Waals surface area contributed by atoms with E-state index in [1.54, 1.807) is 19.2 Å². The molecule has 0 saturated carbocycles. The molecule has 4 heteroatoms. The van der Waals surface area contributed by atoms with Crippen molar-refractivity contribution < 1.29 is 18.7 Å². The van der Waals surface area contributed by atoms with Crippen LogP contribution in [0.3, 0.4) is 0 Å². The van der Waals surface area contributed by atoms with Gasteiger partial charge >= 0.3 is 0 Å². The highest BCUT2D eigenvalue weighted by Crippen LogP contribution is 2.25. The molecule has 2 rings (SSSR count). The van der Waals surface area contributed by atoms with E-state index in [1.165, 1.54) is 24.3 Å². The molecule has 2 aromatic rings.